The Hall–Kier alpha value is -1.34. The van der Waals surface area contributed by atoms with Crippen molar-refractivity contribution in [2.24, 2.45) is 0 Å². The molecule has 0 spiro atoms. The van der Waals surface area contributed by atoms with Gasteiger partial charge in [-0.1, -0.05) is 0 Å². The van der Waals surface area contributed by atoms with Crippen LogP contribution in [-0.4, -0.2) is 4.98 Å². The second-order valence-corrected chi connectivity index (χ2v) is 2.53. The van der Waals surface area contributed by atoms with Crippen LogP contribution in [0, 0.1) is 5.95 Å². The monoisotopic (exact) mass is 233 g/mol. The van der Waals surface area contributed by atoms with E-state index in [0.29, 0.717) is 0 Å². The summed E-state index contributed by atoms with van der Waals surface area (Å²) < 4.78 is 83.9. The lowest BCUT2D eigenvalue weighted by Crippen LogP contribution is -2.14. The molecule has 0 aromatic carbocycles. The van der Waals surface area contributed by atoms with Gasteiger partial charge >= 0.3 is 12.4 Å². The third-order valence-electron chi connectivity index (χ3n) is 1.44. The summed E-state index contributed by atoms with van der Waals surface area (Å²) in [6, 6.07) is 0.0804. The van der Waals surface area contributed by atoms with Gasteiger partial charge in [-0.15, -0.1) is 0 Å². The van der Waals surface area contributed by atoms with Crippen molar-refractivity contribution in [1.82, 2.24) is 4.98 Å². The number of halogens is 7. The summed E-state index contributed by atoms with van der Waals surface area (Å²) in [6.07, 6.45) is -10.0. The first-order valence-electron chi connectivity index (χ1n) is 3.43. The Labute approximate surface area is 78.5 Å². The molecular formula is C7H2F7N. The maximum Gasteiger partial charge on any atom is 0.433 e. The quantitative estimate of drug-likeness (QED) is 0.495. The molecule has 1 heterocycles. The number of pyridine rings is 1. The first-order chi connectivity index (χ1) is 6.62. The second kappa shape index (κ2) is 3.35. The van der Waals surface area contributed by atoms with Gasteiger partial charge in [-0.05, 0) is 12.1 Å². The van der Waals surface area contributed by atoms with E-state index in [4.69, 9.17) is 0 Å². The fraction of sp³-hybridized carbons (Fsp3) is 0.286. The summed E-state index contributed by atoms with van der Waals surface area (Å²) in [7, 11) is 0. The fourth-order valence-electron chi connectivity index (χ4n) is 0.804. The molecule has 1 rings (SSSR count). The SMILES string of the molecule is Fc1nc(C(F)(F)F)ccc1C(F)(F)F. The van der Waals surface area contributed by atoms with E-state index < -0.39 is 29.6 Å². The van der Waals surface area contributed by atoms with Crippen molar-refractivity contribution in [2.45, 2.75) is 12.4 Å². The summed E-state index contributed by atoms with van der Waals surface area (Å²) in [6.45, 7) is 0. The van der Waals surface area contributed by atoms with Crippen LogP contribution >= 0.6 is 0 Å². The standard InChI is InChI=1S/C7H2F7N/c8-5-3(6(9,10)11)1-2-4(15-5)7(12,13)14/h1-2H. The number of hydrogen-bond donors (Lipinski definition) is 0. The Kier molecular flexibility index (Phi) is 2.62. The molecule has 1 nitrogen and oxygen atoms in total. The molecule has 0 N–H and O–H groups in total. The predicted molar refractivity (Wildman–Crippen MR) is 34.2 cm³/mol. The van der Waals surface area contributed by atoms with Gasteiger partial charge in [0.1, 0.15) is 11.3 Å². The molecule has 8 heteroatoms. The molecule has 1 aromatic rings. The Morgan fingerprint density at radius 1 is 0.867 bits per heavy atom. The van der Waals surface area contributed by atoms with Crippen molar-refractivity contribution >= 4 is 0 Å². The highest BCUT2D eigenvalue weighted by Crippen LogP contribution is 2.33. The lowest BCUT2D eigenvalue weighted by atomic mass is 10.2. The van der Waals surface area contributed by atoms with Crippen molar-refractivity contribution in [3.05, 3.63) is 29.3 Å². The lowest BCUT2D eigenvalue weighted by Gasteiger charge is -2.09. The van der Waals surface area contributed by atoms with Crippen LogP contribution in [0.4, 0.5) is 30.7 Å². The number of rotatable bonds is 0. The second-order valence-electron chi connectivity index (χ2n) is 2.53. The molecule has 0 fully saturated rings. The molecule has 0 radical (unpaired) electrons. The van der Waals surface area contributed by atoms with Crippen LogP contribution in [0.3, 0.4) is 0 Å². The minimum Gasteiger partial charge on any atom is -0.215 e. The third-order valence-corrected chi connectivity index (χ3v) is 1.44. The van der Waals surface area contributed by atoms with Crippen LogP contribution in [0.15, 0.2) is 12.1 Å². The summed E-state index contributed by atoms with van der Waals surface area (Å²) in [5.41, 5.74) is -3.52. The Morgan fingerprint density at radius 2 is 1.40 bits per heavy atom. The summed E-state index contributed by atoms with van der Waals surface area (Å²) in [4.78, 5) is 2.20. The van der Waals surface area contributed by atoms with Crippen LogP contribution < -0.4 is 0 Å². The van der Waals surface area contributed by atoms with E-state index in [1.165, 1.54) is 0 Å². The van der Waals surface area contributed by atoms with E-state index in [9.17, 15) is 30.7 Å². The van der Waals surface area contributed by atoms with Gasteiger partial charge in [0.15, 0.2) is 0 Å². The zero-order valence-corrected chi connectivity index (χ0v) is 6.75. The zero-order valence-electron chi connectivity index (χ0n) is 6.75. The van der Waals surface area contributed by atoms with Crippen molar-refractivity contribution < 1.29 is 30.7 Å². The van der Waals surface area contributed by atoms with Gasteiger partial charge in [0.2, 0.25) is 5.95 Å². The number of nitrogens with zero attached hydrogens (tertiary/aromatic N) is 1. The Balaban J connectivity index is 3.21. The molecule has 15 heavy (non-hydrogen) atoms. The molecule has 0 aliphatic carbocycles. The van der Waals surface area contributed by atoms with Gasteiger partial charge in [-0.2, -0.15) is 30.7 Å². The van der Waals surface area contributed by atoms with Gasteiger partial charge in [0, 0.05) is 0 Å². The van der Waals surface area contributed by atoms with E-state index in [-0.39, 0.29) is 12.1 Å². The molecule has 0 bridgehead atoms. The topological polar surface area (TPSA) is 12.9 Å². The summed E-state index contributed by atoms with van der Waals surface area (Å²) in [5, 5.41) is 0. The highest BCUT2D eigenvalue weighted by atomic mass is 19.4. The number of aromatic nitrogens is 1. The van der Waals surface area contributed by atoms with E-state index in [1.807, 2.05) is 0 Å². The van der Waals surface area contributed by atoms with E-state index in [0.717, 1.165) is 0 Å². The molecule has 0 aliphatic rings. The number of alkyl halides is 6. The summed E-state index contributed by atoms with van der Waals surface area (Å²) >= 11 is 0. The molecule has 0 saturated carbocycles. The molecule has 0 amide bonds. The van der Waals surface area contributed by atoms with E-state index >= 15 is 0 Å². The average Bonchev–Trinajstić information content (AvgIpc) is 1.99. The zero-order chi connectivity index (χ0) is 11.9. The predicted octanol–water partition coefficient (Wildman–Crippen LogP) is 3.26. The molecule has 1 aromatic heterocycles. The van der Waals surface area contributed by atoms with Crippen LogP contribution in [0.2, 0.25) is 0 Å². The van der Waals surface area contributed by atoms with Gasteiger partial charge < -0.3 is 0 Å². The average molecular weight is 233 g/mol. The van der Waals surface area contributed by atoms with Crippen LogP contribution in [0.25, 0.3) is 0 Å². The molecule has 0 aliphatic heterocycles. The Morgan fingerprint density at radius 3 is 1.73 bits per heavy atom. The van der Waals surface area contributed by atoms with E-state index in [2.05, 4.69) is 4.98 Å². The van der Waals surface area contributed by atoms with Crippen LogP contribution in [0.1, 0.15) is 11.3 Å². The van der Waals surface area contributed by atoms with Gasteiger partial charge in [0.05, 0.1) is 0 Å². The molecule has 0 unspecified atom stereocenters. The first kappa shape index (κ1) is 11.7. The van der Waals surface area contributed by atoms with Crippen LogP contribution in [-0.2, 0) is 12.4 Å². The molecule has 84 valence electrons. The minimum atomic E-state index is -5.05. The maximum absolute atomic E-state index is 12.5. The Bertz CT molecular complexity index is 365. The highest BCUT2D eigenvalue weighted by Gasteiger charge is 2.38. The number of hydrogen-bond acceptors (Lipinski definition) is 1. The highest BCUT2D eigenvalue weighted by molar-refractivity contribution is 5.20. The molecule has 0 saturated heterocycles. The lowest BCUT2D eigenvalue weighted by molar-refractivity contribution is -0.146. The van der Waals surface area contributed by atoms with Crippen LogP contribution in [0.5, 0.6) is 0 Å². The maximum atomic E-state index is 12.5. The summed E-state index contributed by atoms with van der Waals surface area (Å²) in [5.74, 6) is -2.18. The fourth-order valence-corrected chi connectivity index (χ4v) is 0.804. The van der Waals surface area contributed by atoms with Crippen molar-refractivity contribution in [3.8, 4) is 0 Å². The van der Waals surface area contributed by atoms with Crippen molar-refractivity contribution in [2.75, 3.05) is 0 Å². The molecule has 0 atom stereocenters. The minimum absolute atomic E-state index is 0.00512. The smallest absolute Gasteiger partial charge is 0.215 e. The van der Waals surface area contributed by atoms with Gasteiger partial charge in [0.25, 0.3) is 0 Å². The third kappa shape index (κ3) is 2.57. The van der Waals surface area contributed by atoms with Crippen molar-refractivity contribution in [1.29, 1.82) is 0 Å². The first-order valence-corrected chi connectivity index (χ1v) is 3.43. The van der Waals surface area contributed by atoms with Crippen molar-refractivity contribution in [3.63, 3.8) is 0 Å². The normalized spacial score (nSPS) is 13.0. The van der Waals surface area contributed by atoms with E-state index in [1.54, 1.807) is 0 Å². The van der Waals surface area contributed by atoms with Gasteiger partial charge in [-0.3, -0.25) is 0 Å². The largest absolute Gasteiger partial charge is 0.433 e. The molecular weight excluding hydrogens is 231 g/mol. The van der Waals surface area contributed by atoms with Gasteiger partial charge in [-0.25, -0.2) is 4.98 Å².